The van der Waals surface area contributed by atoms with E-state index in [9.17, 15) is 30.0 Å². The fourth-order valence-corrected chi connectivity index (χ4v) is 12.4. The standard InChI is InChI=1S/C21H19N3O3.C20H17N3O3.C19H16N4O2.C19H20N4O2.H2O/c25-17-8-4-7-16(9-17)13-24-14-23-19(10-15-5-2-1-3-6-15)20(24)11-18-12-22-21(26)27-18;24-16-8-4-5-14(9-16)12-23-13-22-19(15-6-2-1-3-7-15)18(23)10-17-11-21-20(25)26-17;20-19-16(11-25-22-19)18-17(14-6-2-1-3-7-14)21-12-23(18)10-13-5-4-8-15(24)9-13;20-19-17(13-25-21-19)18-12-22(14-5-2-1-3-6-14)9-10-23(18)15-7-4-8-16(24)11-15;/h1-9,12,14,25H,10-11,13H2,(H,22,26);1-9,11,13,24H,10,12H2,(H,21,25);1-9,11-12,24H,10H2,(H2,20,22);1-8,11,13,18,24H,9-10,12H2,(H2,20,21);1H2. The first-order valence-electron chi connectivity index (χ1n) is 33.0. The van der Waals surface area contributed by atoms with E-state index < -0.39 is 11.5 Å². The molecule has 0 bridgehead atoms. The minimum Gasteiger partial charge on any atom is -0.508 e. The molecule has 526 valence electrons. The molecule has 104 heavy (non-hydrogen) atoms. The number of hydrogen-bond acceptors (Lipinski definition) is 19. The van der Waals surface area contributed by atoms with E-state index in [1.54, 1.807) is 86.2 Å². The van der Waals surface area contributed by atoms with Gasteiger partial charge in [-0.05, 0) is 82.9 Å². The number of aromatic nitrogens is 10. The third kappa shape index (κ3) is 17.4. The molecule has 12 N–H and O–H groups in total. The summed E-state index contributed by atoms with van der Waals surface area (Å²) in [4.78, 5) is 46.1. The van der Waals surface area contributed by atoms with E-state index in [-0.39, 0.29) is 34.5 Å². The molecular weight excluding hydrogens is 1320 g/mol. The van der Waals surface area contributed by atoms with E-state index in [4.69, 9.17) is 29.3 Å². The Kier molecular flexibility index (Phi) is 22.2. The third-order valence-corrected chi connectivity index (χ3v) is 17.3. The number of phenolic OH excluding ortho intramolecular Hbond substituents is 4. The predicted octanol–water partition coefficient (Wildman–Crippen LogP) is 12.0. The van der Waals surface area contributed by atoms with Gasteiger partial charge >= 0.3 is 11.5 Å². The first-order valence-corrected chi connectivity index (χ1v) is 33.0. The van der Waals surface area contributed by atoms with Crippen molar-refractivity contribution >= 4 is 23.0 Å². The molecule has 8 aromatic carbocycles. The first-order chi connectivity index (χ1) is 50.3. The molecule has 1 atom stereocenters. The highest BCUT2D eigenvalue weighted by Crippen LogP contribution is 2.38. The number of piperazine rings is 1. The molecule has 0 aliphatic carbocycles. The maximum Gasteiger partial charge on any atom is 0.416 e. The average Bonchev–Trinajstić information content (AvgIpc) is 1.64. The van der Waals surface area contributed by atoms with Crippen molar-refractivity contribution in [2.24, 2.45) is 0 Å². The van der Waals surface area contributed by atoms with Gasteiger partial charge in [0.1, 0.15) is 47.0 Å². The number of nitrogens with zero attached hydrogens (tertiary/aromatic N) is 10. The highest BCUT2D eigenvalue weighted by Gasteiger charge is 2.32. The highest BCUT2D eigenvalue weighted by molar-refractivity contribution is 5.83. The monoisotopic (exact) mass is 1390 g/mol. The van der Waals surface area contributed by atoms with E-state index >= 15 is 0 Å². The van der Waals surface area contributed by atoms with Crippen LogP contribution < -0.4 is 32.8 Å². The number of nitrogens with one attached hydrogen (secondary N) is 2. The van der Waals surface area contributed by atoms with Gasteiger partial charge < -0.3 is 78.8 Å². The molecule has 25 heteroatoms. The molecule has 15 aromatic rings. The van der Waals surface area contributed by atoms with Crippen LogP contribution in [0.25, 0.3) is 33.8 Å². The molecule has 0 radical (unpaired) electrons. The van der Waals surface area contributed by atoms with Gasteiger partial charge in [0.2, 0.25) is 0 Å². The molecule has 0 spiro atoms. The van der Waals surface area contributed by atoms with E-state index in [0.717, 1.165) is 98.4 Å². The van der Waals surface area contributed by atoms with Crippen molar-refractivity contribution in [1.29, 1.82) is 0 Å². The van der Waals surface area contributed by atoms with Gasteiger partial charge in [0.05, 0.1) is 71.0 Å². The lowest BCUT2D eigenvalue weighted by Crippen LogP contribution is -2.48. The number of para-hydroxylation sites is 1. The smallest absolute Gasteiger partial charge is 0.416 e. The summed E-state index contributed by atoms with van der Waals surface area (Å²) in [7, 11) is 0. The number of aromatic amines is 2. The summed E-state index contributed by atoms with van der Waals surface area (Å²) in [5.41, 5.74) is 27.0. The van der Waals surface area contributed by atoms with Crippen LogP contribution in [0.4, 0.5) is 23.0 Å². The van der Waals surface area contributed by atoms with Gasteiger partial charge in [0.25, 0.3) is 0 Å². The SMILES string of the molecule is Nc1nocc1-c1c(-c2ccccc2)ncn1Cc1cccc(O)c1.Nc1nocc1C1CN(c2ccccc2)CCN1c1cccc(O)c1.O.O=c1[nH]cc(Cc2c(-c3ccccc3)ncn2Cc2cccc(O)c2)o1.O=c1[nH]cc(Cc2c(Cc3ccccc3)ncn2Cc2cccc(O)c2)o1. The van der Waals surface area contributed by atoms with E-state index in [0.29, 0.717) is 67.6 Å². The normalized spacial score (nSPS) is 12.4. The molecule has 16 rings (SSSR count). The minimum absolute atomic E-state index is 0. The molecule has 0 amide bonds. The van der Waals surface area contributed by atoms with E-state index in [1.165, 1.54) is 12.0 Å². The van der Waals surface area contributed by atoms with Crippen molar-refractivity contribution in [3.05, 3.63) is 340 Å². The van der Waals surface area contributed by atoms with Gasteiger partial charge in [0.15, 0.2) is 11.6 Å². The summed E-state index contributed by atoms with van der Waals surface area (Å²) in [5.74, 6) is 1.83. The van der Waals surface area contributed by atoms with Gasteiger partial charge in [-0.15, -0.1) is 0 Å². The molecule has 1 unspecified atom stereocenters. The summed E-state index contributed by atoms with van der Waals surface area (Å²) in [6, 6.07) is 68.9. The largest absolute Gasteiger partial charge is 0.508 e. The second kappa shape index (κ2) is 32.9. The summed E-state index contributed by atoms with van der Waals surface area (Å²) >= 11 is 0. The van der Waals surface area contributed by atoms with Crippen molar-refractivity contribution in [3.8, 4) is 56.8 Å². The van der Waals surface area contributed by atoms with Crippen LogP contribution in [0.1, 0.15) is 62.5 Å². The summed E-state index contributed by atoms with van der Waals surface area (Å²) in [5, 5.41) is 46.6. The van der Waals surface area contributed by atoms with Gasteiger partial charge in [-0.1, -0.05) is 162 Å². The minimum atomic E-state index is -0.472. The zero-order chi connectivity index (χ0) is 71.0. The molecule has 1 saturated heterocycles. The summed E-state index contributed by atoms with van der Waals surface area (Å²) in [6.45, 7) is 4.09. The Morgan fingerprint density at radius 2 is 0.923 bits per heavy atom. The Hall–Kier alpha value is -13.8. The number of phenols is 4. The number of aromatic hydroxyl groups is 4. The maximum absolute atomic E-state index is 11.3. The summed E-state index contributed by atoms with van der Waals surface area (Å²) < 4.78 is 26.5. The molecule has 0 saturated carbocycles. The summed E-state index contributed by atoms with van der Waals surface area (Å²) in [6.07, 6.45) is 13.2. The second-order valence-corrected chi connectivity index (χ2v) is 24.3. The Bertz CT molecular complexity index is 5350. The fourth-order valence-electron chi connectivity index (χ4n) is 12.4. The lowest BCUT2D eigenvalue weighted by molar-refractivity contribution is 0.419. The number of nitrogen functional groups attached to an aromatic ring is 2. The van der Waals surface area contributed by atoms with Crippen molar-refractivity contribution < 1.29 is 43.8 Å². The Balaban J connectivity index is 0.000000130. The van der Waals surface area contributed by atoms with Crippen molar-refractivity contribution in [2.75, 3.05) is 40.9 Å². The van der Waals surface area contributed by atoms with Gasteiger partial charge in [-0.25, -0.2) is 24.5 Å². The second-order valence-electron chi connectivity index (χ2n) is 24.3. The molecule has 8 heterocycles. The topological polar surface area (TPSA) is 368 Å². The number of hydrogen-bond donors (Lipinski definition) is 8. The quantitative estimate of drug-likeness (QED) is 0.0395. The van der Waals surface area contributed by atoms with Crippen molar-refractivity contribution in [2.45, 2.75) is 44.9 Å². The van der Waals surface area contributed by atoms with Crippen LogP contribution in [-0.4, -0.2) is 94.5 Å². The molecule has 25 nitrogen and oxygen atoms in total. The number of benzene rings is 8. The van der Waals surface area contributed by atoms with Gasteiger partial charge in [0, 0.05) is 98.8 Å². The zero-order valence-electron chi connectivity index (χ0n) is 56.1. The molecule has 1 aliphatic rings. The van der Waals surface area contributed by atoms with Gasteiger partial charge in [-0.2, -0.15) is 0 Å². The van der Waals surface area contributed by atoms with Crippen LogP contribution in [0, 0.1) is 0 Å². The Morgan fingerprint density at radius 1 is 0.462 bits per heavy atom. The van der Waals surface area contributed by atoms with E-state index in [1.807, 2.05) is 159 Å². The van der Waals surface area contributed by atoms with Crippen LogP contribution in [0.3, 0.4) is 0 Å². The molecule has 1 aliphatic heterocycles. The van der Waals surface area contributed by atoms with Crippen LogP contribution in [0.15, 0.2) is 290 Å². The van der Waals surface area contributed by atoms with Crippen LogP contribution >= 0.6 is 0 Å². The number of rotatable bonds is 18. The predicted molar refractivity (Wildman–Crippen MR) is 394 cm³/mol. The van der Waals surface area contributed by atoms with Crippen molar-refractivity contribution in [1.82, 2.24) is 48.9 Å². The van der Waals surface area contributed by atoms with Crippen LogP contribution in [0.2, 0.25) is 0 Å². The highest BCUT2D eigenvalue weighted by atomic mass is 16.5. The van der Waals surface area contributed by atoms with Gasteiger partial charge in [-0.3, -0.25) is 9.97 Å². The number of anilines is 4. The fraction of sp³-hybridized carbons (Fsp3) is 0.127. The number of oxazole rings is 2. The zero-order valence-corrected chi connectivity index (χ0v) is 56.1. The number of H-pyrrole nitrogens is 2. The van der Waals surface area contributed by atoms with Crippen molar-refractivity contribution in [3.63, 3.8) is 0 Å². The molecular formula is C79H74N14O11. The third-order valence-electron chi connectivity index (χ3n) is 17.3. The number of imidazole rings is 3. The average molecular weight is 1400 g/mol. The number of nitrogens with two attached hydrogens (primary N) is 2. The van der Waals surface area contributed by atoms with E-state index in [2.05, 4.69) is 69.3 Å². The van der Waals surface area contributed by atoms with Crippen LogP contribution in [0.5, 0.6) is 23.0 Å². The first kappa shape index (κ1) is 70.1. The molecule has 7 aromatic heterocycles. The van der Waals surface area contributed by atoms with Crippen LogP contribution in [-0.2, 0) is 38.9 Å². The maximum atomic E-state index is 11.3. The Labute approximate surface area is 595 Å². The lowest BCUT2D eigenvalue weighted by atomic mass is 10.0. The Morgan fingerprint density at radius 3 is 1.45 bits per heavy atom. The molecule has 1 fully saturated rings. The lowest BCUT2D eigenvalue weighted by Gasteiger charge is -2.43.